The molecule has 1 saturated heterocycles. The van der Waals surface area contributed by atoms with Gasteiger partial charge in [0.15, 0.2) is 5.82 Å². The summed E-state index contributed by atoms with van der Waals surface area (Å²) < 4.78 is 1.96. The van der Waals surface area contributed by atoms with Gasteiger partial charge in [0.2, 0.25) is 10.3 Å². The van der Waals surface area contributed by atoms with Crippen molar-refractivity contribution in [2.75, 3.05) is 6.54 Å². The minimum Gasteiger partial charge on any atom is -0.411 e. The molecule has 2 atom stereocenters. The first-order chi connectivity index (χ1) is 15.1. The number of hydrogen-bond acceptors (Lipinski definition) is 7. The number of rotatable bonds is 5. The van der Waals surface area contributed by atoms with E-state index in [0.717, 1.165) is 35.5 Å². The second-order valence-electron chi connectivity index (χ2n) is 7.80. The number of nitrogens with zero attached hydrogens (tertiary/aromatic N) is 5. The molecule has 7 nitrogen and oxygen atoms in total. The van der Waals surface area contributed by atoms with Crippen LogP contribution in [0.25, 0.3) is 5.69 Å². The van der Waals surface area contributed by atoms with Gasteiger partial charge in [0.25, 0.3) is 0 Å². The molecule has 4 rings (SSSR count). The predicted octanol–water partition coefficient (Wildman–Crippen LogP) is 4.26. The second kappa shape index (κ2) is 9.45. The standard InChI is InChI=1S/C23H25N5O2S/c1-16-14-27(17(2)13-20(16)26-30)15-21-24-25-23(28(21)19-11-7-4-8-12-19)31-22(29)18-9-5-3-6-10-18/h3-12,16-17,30H,13-15H2,1-2H3/b26-20+/t16-,17+/m0/s1. The maximum Gasteiger partial charge on any atom is 0.227 e. The summed E-state index contributed by atoms with van der Waals surface area (Å²) in [6, 6.07) is 19.3. The van der Waals surface area contributed by atoms with E-state index >= 15 is 0 Å². The molecule has 31 heavy (non-hydrogen) atoms. The molecule has 2 aromatic carbocycles. The third kappa shape index (κ3) is 4.70. The van der Waals surface area contributed by atoms with Gasteiger partial charge in [-0.3, -0.25) is 14.3 Å². The Bertz CT molecular complexity index is 1070. The van der Waals surface area contributed by atoms with E-state index in [2.05, 4.69) is 34.1 Å². The zero-order chi connectivity index (χ0) is 21.8. The first-order valence-corrected chi connectivity index (χ1v) is 11.1. The van der Waals surface area contributed by atoms with Crippen molar-refractivity contribution in [3.63, 3.8) is 0 Å². The van der Waals surface area contributed by atoms with E-state index in [4.69, 9.17) is 0 Å². The highest BCUT2D eigenvalue weighted by Gasteiger charge is 2.30. The quantitative estimate of drug-likeness (QED) is 0.366. The van der Waals surface area contributed by atoms with Crippen LogP contribution in [0.4, 0.5) is 0 Å². The molecule has 0 unspecified atom stereocenters. The van der Waals surface area contributed by atoms with Gasteiger partial charge in [-0.25, -0.2) is 0 Å². The molecule has 160 valence electrons. The predicted molar refractivity (Wildman–Crippen MR) is 121 cm³/mol. The number of thioether (sulfide) groups is 1. The van der Waals surface area contributed by atoms with E-state index < -0.39 is 0 Å². The van der Waals surface area contributed by atoms with Crippen LogP contribution in [0.3, 0.4) is 0 Å². The number of benzene rings is 2. The first kappa shape index (κ1) is 21.3. The van der Waals surface area contributed by atoms with Crippen LogP contribution in [0.1, 0.15) is 36.5 Å². The molecular formula is C23H25N5O2S. The molecule has 0 spiro atoms. The molecule has 8 heteroatoms. The Kier molecular flexibility index (Phi) is 6.48. The van der Waals surface area contributed by atoms with Gasteiger partial charge < -0.3 is 5.21 Å². The summed E-state index contributed by atoms with van der Waals surface area (Å²) in [6.07, 6.45) is 0.714. The number of carbonyl (C=O) groups is 1. The number of likely N-dealkylation sites (tertiary alicyclic amines) is 1. The number of oxime groups is 1. The molecule has 3 aromatic rings. The molecule has 0 bridgehead atoms. The average Bonchev–Trinajstić information content (AvgIpc) is 3.19. The molecule has 0 amide bonds. The Labute approximate surface area is 185 Å². The summed E-state index contributed by atoms with van der Waals surface area (Å²) in [4.78, 5) is 15.1. The molecule has 1 aromatic heterocycles. The molecule has 0 saturated carbocycles. The SMILES string of the molecule is C[C@@H]1C/C(=N\O)[C@@H](C)CN1Cc1nnc(SC(=O)c2ccccc2)n1-c1ccccc1. The van der Waals surface area contributed by atoms with Crippen LogP contribution >= 0.6 is 11.8 Å². The van der Waals surface area contributed by atoms with E-state index in [-0.39, 0.29) is 17.1 Å². The molecule has 0 aliphatic carbocycles. The van der Waals surface area contributed by atoms with E-state index in [9.17, 15) is 10.0 Å². The average molecular weight is 436 g/mol. The highest BCUT2D eigenvalue weighted by Crippen LogP contribution is 2.27. The fourth-order valence-corrected chi connectivity index (χ4v) is 4.64. The molecular weight excluding hydrogens is 410 g/mol. The number of aromatic nitrogens is 3. The molecule has 1 N–H and O–H groups in total. The number of piperidine rings is 1. The number of carbonyl (C=O) groups excluding carboxylic acids is 1. The number of hydrogen-bond donors (Lipinski definition) is 1. The van der Waals surface area contributed by atoms with Crippen molar-refractivity contribution in [1.82, 2.24) is 19.7 Å². The van der Waals surface area contributed by atoms with Crippen molar-refractivity contribution in [3.05, 3.63) is 72.1 Å². The minimum atomic E-state index is -0.0690. The largest absolute Gasteiger partial charge is 0.411 e. The van der Waals surface area contributed by atoms with Crippen LogP contribution in [0, 0.1) is 5.92 Å². The Morgan fingerprint density at radius 1 is 1.10 bits per heavy atom. The van der Waals surface area contributed by atoms with Crippen molar-refractivity contribution in [1.29, 1.82) is 0 Å². The lowest BCUT2D eigenvalue weighted by Gasteiger charge is -2.36. The topological polar surface area (TPSA) is 83.6 Å². The van der Waals surface area contributed by atoms with Crippen molar-refractivity contribution >= 4 is 22.6 Å². The van der Waals surface area contributed by atoms with E-state index in [1.807, 2.05) is 53.1 Å². The summed E-state index contributed by atoms with van der Waals surface area (Å²) in [5.41, 5.74) is 2.38. The molecule has 0 radical (unpaired) electrons. The summed E-state index contributed by atoms with van der Waals surface area (Å²) in [5, 5.41) is 22.0. The lowest BCUT2D eigenvalue weighted by Crippen LogP contribution is -2.45. The molecule has 1 aliphatic heterocycles. The highest BCUT2D eigenvalue weighted by atomic mass is 32.2. The maximum atomic E-state index is 12.8. The zero-order valence-electron chi connectivity index (χ0n) is 17.5. The van der Waals surface area contributed by atoms with E-state index in [0.29, 0.717) is 23.7 Å². The minimum absolute atomic E-state index is 0.0690. The van der Waals surface area contributed by atoms with Gasteiger partial charge in [-0.15, -0.1) is 10.2 Å². The molecule has 2 heterocycles. The Morgan fingerprint density at radius 2 is 1.77 bits per heavy atom. The van der Waals surface area contributed by atoms with Crippen LogP contribution in [-0.4, -0.2) is 48.3 Å². The summed E-state index contributed by atoms with van der Waals surface area (Å²) in [6.45, 7) is 5.55. The second-order valence-corrected chi connectivity index (χ2v) is 8.74. The lowest BCUT2D eigenvalue weighted by molar-refractivity contribution is 0.108. The maximum absolute atomic E-state index is 12.8. The van der Waals surface area contributed by atoms with Gasteiger partial charge in [0.05, 0.1) is 12.3 Å². The van der Waals surface area contributed by atoms with Crippen LogP contribution in [-0.2, 0) is 6.54 Å². The molecule has 1 aliphatic rings. The van der Waals surface area contributed by atoms with Gasteiger partial charge in [-0.1, -0.05) is 60.6 Å². The summed E-state index contributed by atoms with van der Waals surface area (Å²) >= 11 is 1.09. The Hall–Kier alpha value is -2.97. The van der Waals surface area contributed by atoms with Gasteiger partial charge in [0.1, 0.15) is 0 Å². The Balaban J connectivity index is 1.63. The zero-order valence-corrected chi connectivity index (χ0v) is 18.4. The van der Waals surface area contributed by atoms with E-state index in [1.54, 1.807) is 12.1 Å². The Morgan fingerprint density at radius 3 is 2.45 bits per heavy atom. The molecule has 1 fully saturated rings. The van der Waals surface area contributed by atoms with Crippen LogP contribution in [0.2, 0.25) is 0 Å². The van der Waals surface area contributed by atoms with E-state index in [1.165, 1.54) is 0 Å². The third-order valence-corrected chi connectivity index (χ3v) is 6.45. The van der Waals surface area contributed by atoms with Gasteiger partial charge in [-0.05, 0) is 30.8 Å². The van der Waals surface area contributed by atoms with Crippen molar-refractivity contribution in [3.8, 4) is 5.69 Å². The fourth-order valence-electron chi connectivity index (χ4n) is 3.83. The third-order valence-electron chi connectivity index (χ3n) is 5.59. The highest BCUT2D eigenvalue weighted by molar-refractivity contribution is 8.14. The summed E-state index contributed by atoms with van der Waals surface area (Å²) in [7, 11) is 0. The summed E-state index contributed by atoms with van der Waals surface area (Å²) in [5.74, 6) is 0.945. The van der Waals surface area contributed by atoms with Gasteiger partial charge in [-0.2, -0.15) is 0 Å². The van der Waals surface area contributed by atoms with Crippen LogP contribution < -0.4 is 0 Å². The van der Waals surface area contributed by atoms with Crippen molar-refractivity contribution < 1.29 is 10.0 Å². The monoisotopic (exact) mass is 435 g/mol. The lowest BCUT2D eigenvalue weighted by atomic mass is 9.93. The fraction of sp³-hybridized carbons (Fsp3) is 0.304. The first-order valence-electron chi connectivity index (χ1n) is 10.3. The van der Waals surface area contributed by atoms with Crippen molar-refractivity contribution in [2.45, 2.75) is 38.0 Å². The normalized spacial score (nSPS) is 20.8. The van der Waals surface area contributed by atoms with Gasteiger partial charge >= 0.3 is 0 Å². The van der Waals surface area contributed by atoms with Gasteiger partial charge in [0, 0.05) is 36.2 Å². The smallest absolute Gasteiger partial charge is 0.227 e. The number of para-hydroxylation sites is 1. The van der Waals surface area contributed by atoms with Crippen LogP contribution in [0.15, 0.2) is 71.0 Å². The van der Waals surface area contributed by atoms with Crippen LogP contribution in [0.5, 0.6) is 0 Å². The van der Waals surface area contributed by atoms with Crippen molar-refractivity contribution in [2.24, 2.45) is 11.1 Å².